The number of nitrogens with zero attached hydrogens (tertiary/aromatic N) is 3. The fraction of sp³-hybridized carbons (Fsp3) is 0.158. The summed E-state index contributed by atoms with van der Waals surface area (Å²) in [6.07, 6.45) is -4.31. The van der Waals surface area contributed by atoms with E-state index in [9.17, 15) is 31.1 Å². The van der Waals surface area contributed by atoms with Crippen LogP contribution in [0.2, 0.25) is 0 Å². The summed E-state index contributed by atoms with van der Waals surface area (Å²) in [5.41, 5.74) is -2.53. The molecule has 0 atom stereocenters. The number of rotatable bonds is 4. The molecule has 1 aromatic heterocycles. The number of carbonyl (C=O) groups excluding carboxylic acids is 1. The van der Waals surface area contributed by atoms with Crippen LogP contribution in [0.5, 0.6) is 0 Å². The van der Waals surface area contributed by atoms with E-state index >= 15 is 0 Å². The molecule has 1 heterocycles. The molecule has 0 spiro atoms. The number of benzene rings is 2. The topological polar surface area (TPSA) is 38.1 Å². The fourth-order valence-electron chi connectivity index (χ4n) is 2.77. The van der Waals surface area contributed by atoms with Gasteiger partial charge < -0.3 is 4.90 Å². The summed E-state index contributed by atoms with van der Waals surface area (Å²) in [6, 6.07) is 7.58. The number of carbonyl (C=O) groups is 1. The predicted octanol–water partition coefficient (Wildman–Crippen LogP) is 4.58. The molecule has 4 nitrogen and oxygen atoms in total. The van der Waals surface area contributed by atoms with E-state index in [1.165, 1.54) is 25.2 Å². The highest BCUT2D eigenvalue weighted by Gasteiger charge is 2.41. The van der Waals surface area contributed by atoms with Gasteiger partial charge in [0.25, 0.3) is 5.91 Å². The van der Waals surface area contributed by atoms with Gasteiger partial charge in [0.15, 0.2) is 17.3 Å². The molecule has 152 valence electrons. The van der Waals surface area contributed by atoms with E-state index in [1.807, 2.05) is 0 Å². The average Bonchev–Trinajstić information content (AvgIpc) is 3.09. The first-order valence-corrected chi connectivity index (χ1v) is 8.19. The third-order valence-corrected chi connectivity index (χ3v) is 4.10. The second-order valence-corrected chi connectivity index (χ2v) is 6.18. The zero-order valence-corrected chi connectivity index (χ0v) is 14.8. The van der Waals surface area contributed by atoms with Crippen LogP contribution >= 0.6 is 0 Å². The van der Waals surface area contributed by atoms with Gasteiger partial charge in [-0.3, -0.25) is 4.79 Å². The van der Waals surface area contributed by atoms with Crippen LogP contribution < -0.4 is 0 Å². The average molecular weight is 413 g/mol. The van der Waals surface area contributed by atoms with Crippen LogP contribution in [0.3, 0.4) is 0 Å². The number of hydrogen-bond acceptors (Lipinski definition) is 2. The predicted molar refractivity (Wildman–Crippen MR) is 90.7 cm³/mol. The van der Waals surface area contributed by atoms with Crippen LogP contribution in [0.15, 0.2) is 48.7 Å². The lowest BCUT2D eigenvalue weighted by atomic mass is 10.1. The number of para-hydroxylation sites is 1. The van der Waals surface area contributed by atoms with Gasteiger partial charge in [0, 0.05) is 13.6 Å². The van der Waals surface area contributed by atoms with Gasteiger partial charge in [-0.1, -0.05) is 18.2 Å². The summed E-state index contributed by atoms with van der Waals surface area (Å²) in [5.74, 6) is -4.25. The first kappa shape index (κ1) is 20.4. The van der Waals surface area contributed by atoms with Crippen molar-refractivity contribution in [1.82, 2.24) is 14.7 Å². The van der Waals surface area contributed by atoms with E-state index in [1.54, 1.807) is 0 Å². The quantitative estimate of drug-likeness (QED) is 0.588. The zero-order chi connectivity index (χ0) is 21.3. The Hall–Kier alpha value is -3.30. The summed E-state index contributed by atoms with van der Waals surface area (Å²) in [5, 5.41) is 3.55. The molecule has 0 aliphatic carbocycles. The number of alkyl halides is 3. The molecule has 3 rings (SSSR count). The van der Waals surface area contributed by atoms with E-state index in [2.05, 4.69) is 5.10 Å². The Morgan fingerprint density at radius 1 is 1.03 bits per heavy atom. The molecule has 0 bridgehead atoms. The van der Waals surface area contributed by atoms with Crippen LogP contribution in [0.25, 0.3) is 5.69 Å². The first-order valence-electron chi connectivity index (χ1n) is 8.19. The van der Waals surface area contributed by atoms with E-state index in [4.69, 9.17) is 0 Å². The summed E-state index contributed by atoms with van der Waals surface area (Å²) in [6.45, 7) is -0.280. The van der Waals surface area contributed by atoms with Gasteiger partial charge in [-0.05, 0) is 29.8 Å². The molecule has 0 N–H and O–H groups in total. The van der Waals surface area contributed by atoms with Crippen molar-refractivity contribution in [3.05, 3.63) is 82.9 Å². The minimum Gasteiger partial charge on any atom is -0.337 e. The van der Waals surface area contributed by atoms with Gasteiger partial charge in [0.2, 0.25) is 0 Å². The highest BCUT2D eigenvalue weighted by molar-refractivity contribution is 5.95. The van der Waals surface area contributed by atoms with Crippen LogP contribution in [0, 0.1) is 17.5 Å². The van der Waals surface area contributed by atoms with Gasteiger partial charge in [0.05, 0.1) is 11.8 Å². The highest BCUT2D eigenvalue weighted by Crippen LogP contribution is 2.34. The van der Waals surface area contributed by atoms with E-state index in [0.29, 0.717) is 10.9 Å². The Morgan fingerprint density at radius 3 is 2.34 bits per heavy atom. The van der Waals surface area contributed by atoms with Gasteiger partial charge in [-0.15, -0.1) is 0 Å². The molecule has 0 fully saturated rings. The van der Waals surface area contributed by atoms with Gasteiger partial charge in [-0.2, -0.15) is 18.3 Å². The maximum Gasteiger partial charge on any atom is 0.434 e. The molecular weight excluding hydrogens is 400 g/mol. The van der Waals surface area contributed by atoms with E-state index in [-0.39, 0.29) is 12.1 Å². The molecule has 10 heteroatoms. The maximum absolute atomic E-state index is 14.0. The molecule has 0 radical (unpaired) electrons. The monoisotopic (exact) mass is 413 g/mol. The highest BCUT2D eigenvalue weighted by atomic mass is 19.4. The lowest BCUT2D eigenvalue weighted by molar-refractivity contribution is -0.143. The van der Waals surface area contributed by atoms with Crippen LogP contribution in [-0.2, 0) is 12.7 Å². The standard InChI is InChI=1S/C19H13F6N3O/c1-27(10-11-6-7-13(20)15(22)8-11)18(29)12-9-26-28(17(12)19(23,24)25)16-5-3-2-4-14(16)21/h2-9H,10H2,1H3. The number of halogens is 6. The third kappa shape index (κ3) is 4.10. The summed E-state index contributed by atoms with van der Waals surface area (Å²) >= 11 is 0. The molecule has 2 aromatic carbocycles. The normalized spacial score (nSPS) is 11.6. The molecule has 29 heavy (non-hydrogen) atoms. The van der Waals surface area contributed by atoms with Gasteiger partial charge >= 0.3 is 6.18 Å². The van der Waals surface area contributed by atoms with Gasteiger partial charge in [-0.25, -0.2) is 17.9 Å². The Kier molecular flexibility index (Phi) is 5.36. The fourth-order valence-corrected chi connectivity index (χ4v) is 2.77. The van der Waals surface area contributed by atoms with Crippen LogP contribution in [-0.4, -0.2) is 27.6 Å². The molecule has 0 saturated heterocycles. The minimum atomic E-state index is -5.01. The Balaban J connectivity index is 1.98. The van der Waals surface area contributed by atoms with Crippen molar-refractivity contribution >= 4 is 5.91 Å². The van der Waals surface area contributed by atoms with Crippen molar-refractivity contribution in [1.29, 1.82) is 0 Å². The molecule has 0 aliphatic heterocycles. The van der Waals surface area contributed by atoms with Gasteiger partial charge in [0.1, 0.15) is 11.5 Å². The summed E-state index contributed by atoms with van der Waals surface area (Å²) in [4.78, 5) is 13.5. The van der Waals surface area contributed by atoms with Crippen LogP contribution in [0.4, 0.5) is 26.3 Å². The SMILES string of the molecule is CN(Cc1ccc(F)c(F)c1)C(=O)c1cnn(-c2ccccc2F)c1C(F)(F)F. The lowest BCUT2D eigenvalue weighted by Crippen LogP contribution is -2.29. The first-order chi connectivity index (χ1) is 13.6. The Morgan fingerprint density at radius 2 is 1.72 bits per heavy atom. The number of aromatic nitrogens is 2. The zero-order valence-electron chi connectivity index (χ0n) is 14.8. The van der Waals surface area contributed by atoms with Crippen molar-refractivity contribution < 1.29 is 31.1 Å². The molecule has 0 saturated carbocycles. The maximum atomic E-state index is 14.0. The molecule has 1 amide bonds. The van der Waals surface area contributed by atoms with Crippen molar-refractivity contribution in [2.75, 3.05) is 7.05 Å². The Bertz CT molecular complexity index is 1060. The van der Waals surface area contributed by atoms with E-state index < -0.39 is 46.5 Å². The molecule has 3 aromatic rings. The smallest absolute Gasteiger partial charge is 0.337 e. The third-order valence-electron chi connectivity index (χ3n) is 4.10. The Labute approximate surface area is 161 Å². The van der Waals surface area contributed by atoms with Crippen molar-refractivity contribution in [2.45, 2.75) is 12.7 Å². The van der Waals surface area contributed by atoms with Crippen molar-refractivity contribution in [3.8, 4) is 5.69 Å². The molecule has 0 unspecified atom stereocenters. The molecular formula is C19H13F6N3O. The second-order valence-electron chi connectivity index (χ2n) is 6.18. The van der Waals surface area contributed by atoms with Crippen LogP contribution in [0.1, 0.15) is 21.6 Å². The second kappa shape index (κ2) is 7.61. The summed E-state index contributed by atoms with van der Waals surface area (Å²) < 4.78 is 81.6. The minimum absolute atomic E-state index is 0.176. The lowest BCUT2D eigenvalue weighted by Gasteiger charge is -2.19. The molecule has 0 aliphatic rings. The summed E-state index contributed by atoms with van der Waals surface area (Å²) in [7, 11) is 1.20. The number of amides is 1. The van der Waals surface area contributed by atoms with E-state index in [0.717, 1.165) is 29.2 Å². The van der Waals surface area contributed by atoms with Crippen molar-refractivity contribution in [2.24, 2.45) is 0 Å². The largest absolute Gasteiger partial charge is 0.434 e. The van der Waals surface area contributed by atoms with Crippen molar-refractivity contribution in [3.63, 3.8) is 0 Å². The number of hydrogen-bond donors (Lipinski definition) is 0.